The van der Waals surface area contributed by atoms with Gasteiger partial charge in [-0.25, -0.2) is 0 Å². The van der Waals surface area contributed by atoms with Gasteiger partial charge in [-0.2, -0.15) is 0 Å². The van der Waals surface area contributed by atoms with Gasteiger partial charge in [0, 0.05) is 0 Å². The van der Waals surface area contributed by atoms with Gasteiger partial charge < -0.3 is 0 Å². The van der Waals surface area contributed by atoms with E-state index in [1.165, 1.54) is 0 Å². The van der Waals surface area contributed by atoms with Crippen LogP contribution in [0.2, 0.25) is 5.32 Å². The second-order valence-electron chi connectivity index (χ2n) is 3.49. The van der Waals surface area contributed by atoms with E-state index in [0.717, 1.165) is 0 Å². The van der Waals surface area contributed by atoms with Crippen molar-refractivity contribution in [2.24, 2.45) is 5.73 Å². The Morgan fingerprint density at radius 3 is 2.39 bits per heavy atom. The van der Waals surface area contributed by atoms with Gasteiger partial charge in [-0.15, -0.1) is 0 Å². The zero-order chi connectivity index (χ0) is 14.1. The van der Waals surface area contributed by atoms with E-state index in [-0.39, 0.29) is 44.9 Å². The molecule has 0 saturated heterocycles. The number of thiol groups is 1. The first kappa shape index (κ1) is 17.4. The van der Waals surface area contributed by atoms with E-state index in [1.54, 1.807) is 0 Å². The number of carboxylic acids is 2. The van der Waals surface area contributed by atoms with Crippen molar-refractivity contribution in [2.45, 2.75) is 30.2 Å². The summed E-state index contributed by atoms with van der Waals surface area (Å²) in [5.74, 6) is -2.14. The Morgan fingerprint density at radius 1 is 1.33 bits per heavy atom. The average molecular weight is 343 g/mol. The van der Waals surface area contributed by atoms with Crippen LogP contribution in [0, 0.1) is 0 Å². The predicted octanol–water partition coefficient (Wildman–Crippen LogP) is -1.24. The van der Waals surface area contributed by atoms with Gasteiger partial charge >= 0.3 is 116 Å². The number of carbonyl (C=O) groups excluding carboxylic acids is 1. The normalized spacial score (nSPS) is 13.9. The third kappa shape index (κ3) is 7.67. The van der Waals surface area contributed by atoms with Gasteiger partial charge in [0.15, 0.2) is 0 Å². The molecule has 18 heavy (non-hydrogen) atoms. The van der Waals surface area contributed by atoms with Gasteiger partial charge in [-0.1, -0.05) is 0 Å². The molecule has 2 unspecified atom stereocenters. The van der Waals surface area contributed by atoms with Crippen LogP contribution in [-0.2, 0) is 14.4 Å². The van der Waals surface area contributed by atoms with Crippen LogP contribution in [0.15, 0.2) is 0 Å². The third-order valence-electron chi connectivity index (χ3n) is 2.00. The fraction of sp³-hybridized carbons (Fsp3) is 0.667. The number of carboxylic acid groups (broad SMARTS) is 2. The van der Waals surface area contributed by atoms with Crippen molar-refractivity contribution in [2.75, 3.05) is 5.75 Å². The summed E-state index contributed by atoms with van der Waals surface area (Å²) in [7, 11) is 0. The Labute approximate surface area is 116 Å². The molecule has 0 heterocycles. The van der Waals surface area contributed by atoms with E-state index < -0.39 is 24.0 Å². The molecule has 2 atom stereocenters. The van der Waals surface area contributed by atoms with Crippen molar-refractivity contribution in [3.05, 3.63) is 0 Å². The standard InChI is InChI=1S/C9H16N2O5SSe/c10-5(1-2-8(13)14)7(12)4-18-11-6(3-17)9(15)16/h5-6,11,17H,1-4,10H2,(H,13,14)(H,15,16). The molecule has 0 rings (SSSR count). The zero-order valence-electron chi connectivity index (χ0n) is 9.54. The molecular formula is C9H16N2O5SSe. The fourth-order valence-electron chi connectivity index (χ4n) is 0.926. The van der Waals surface area contributed by atoms with Gasteiger partial charge in [0.05, 0.1) is 0 Å². The van der Waals surface area contributed by atoms with Gasteiger partial charge in [0.2, 0.25) is 0 Å². The molecule has 0 fully saturated rings. The van der Waals surface area contributed by atoms with E-state index >= 15 is 0 Å². The van der Waals surface area contributed by atoms with Crippen LogP contribution in [-0.4, -0.2) is 60.9 Å². The molecule has 0 aliphatic carbocycles. The number of carbonyl (C=O) groups is 3. The second kappa shape index (κ2) is 9.35. The number of ketones is 1. The third-order valence-corrected chi connectivity index (χ3v) is 4.21. The van der Waals surface area contributed by atoms with E-state index in [9.17, 15) is 14.4 Å². The van der Waals surface area contributed by atoms with Crippen molar-refractivity contribution in [3.8, 4) is 0 Å². The Morgan fingerprint density at radius 2 is 1.94 bits per heavy atom. The number of hydrogen-bond acceptors (Lipinski definition) is 6. The molecule has 7 nitrogen and oxygen atoms in total. The van der Waals surface area contributed by atoms with Crippen LogP contribution >= 0.6 is 12.6 Å². The Bertz CT molecular complexity index is 315. The van der Waals surface area contributed by atoms with Gasteiger partial charge in [0.1, 0.15) is 0 Å². The van der Waals surface area contributed by atoms with Crippen LogP contribution in [0.3, 0.4) is 0 Å². The number of hydrogen-bond donors (Lipinski definition) is 5. The molecule has 0 aromatic heterocycles. The monoisotopic (exact) mass is 344 g/mol. The zero-order valence-corrected chi connectivity index (χ0v) is 12.1. The fourth-order valence-corrected chi connectivity index (χ4v) is 3.18. The molecule has 0 aliphatic rings. The summed E-state index contributed by atoms with van der Waals surface area (Å²) in [6, 6.07) is -1.58. The molecule has 0 radical (unpaired) electrons. The minimum atomic E-state index is -1.02. The number of rotatable bonds is 10. The molecule has 0 bridgehead atoms. The first-order valence-corrected chi connectivity index (χ1v) is 7.79. The summed E-state index contributed by atoms with van der Waals surface area (Å²) < 4.78 is 2.71. The summed E-state index contributed by atoms with van der Waals surface area (Å²) in [6.07, 6.45) is -0.0547. The minimum absolute atomic E-state index is 0.0964. The molecular weight excluding hydrogens is 327 g/mol. The molecule has 0 aromatic carbocycles. The molecule has 0 saturated carbocycles. The van der Waals surface area contributed by atoms with E-state index in [2.05, 4.69) is 17.0 Å². The van der Waals surface area contributed by atoms with Crippen molar-refractivity contribution >= 4 is 45.5 Å². The molecule has 0 spiro atoms. The van der Waals surface area contributed by atoms with Gasteiger partial charge in [-0.05, 0) is 0 Å². The molecule has 0 aliphatic heterocycles. The van der Waals surface area contributed by atoms with Crippen molar-refractivity contribution in [3.63, 3.8) is 0 Å². The maximum atomic E-state index is 11.5. The van der Waals surface area contributed by atoms with Crippen LogP contribution in [0.5, 0.6) is 0 Å². The summed E-state index contributed by atoms with van der Waals surface area (Å²) in [5, 5.41) is 17.3. The molecule has 104 valence electrons. The summed E-state index contributed by atoms with van der Waals surface area (Å²) in [4.78, 5) is 32.4. The van der Waals surface area contributed by atoms with Crippen molar-refractivity contribution < 1.29 is 24.6 Å². The maximum absolute atomic E-state index is 11.5. The predicted molar refractivity (Wildman–Crippen MR) is 68.8 cm³/mol. The number of nitrogens with one attached hydrogen (secondary N) is 1. The first-order valence-electron chi connectivity index (χ1n) is 5.09. The van der Waals surface area contributed by atoms with E-state index in [0.29, 0.717) is 0 Å². The van der Waals surface area contributed by atoms with Crippen LogP contribution < -0.4 is 10.1 Å². The van der Waals surface area contributed by atoms with Crippen LogP contribution in [0.1, 0.15) is 12.8 Å². The molecule has 5 N–H and O–H groups in total. The van der Waals surface area contributed by atoms with E-state index in [1.807, 2.05) is 0 Å². The number of aliphatic carboxylic acids is 2. The summed E-state index contributed by atoms with van der Waals surface area (Å²) in [6.45, 7) is 0. The SMILES string of the molecule is NC(CCC(=O)O)C(=O)C[Se]NC(CS)C(=O)O. The first-order chi connectivity index (χ1) is 8.38. The number of Topliss-reactive ketones (excluding diaryl/α,β-unsaturated/α-hetero) is 1. The average Bonchev–Trinajstić information content (AvgIpc) is 2.30. The van der Waals surface area contributed by atoms with E-state index in [4.69, 9.17) is 15.9 Å². The van der Waals surface area contributed by atoms with Gasteiger partial charge in [-0.3, -0.25) is 0 Å². The number of nitrogens with two attached hydrogens (primary N) is 1. The quantitative estimate of drug-likeness (QED) is 0.248. The molecule has 9 heteroatoms. The summed E-state index contributed by atoms with van der Waals surface area (Å²) >= 11 is 3.48. The summed E-state index contributed by atoms with van der Waals surface area (Å²) in [5.41, 5.74) is 5.51. The second-order valence-corrected chi connectivity index (χ2v) is 5.56. The molecule has 0 amide bonds. The van der Waals surface area contributed by atoms with Crippen LogP contribution in [0.4, 0.5) is 0 Å². The Kier molecular flexibility index (Phi) is 9.03. The van der Waals surface area contributed by atoms with Crippen molar-refractivity contribution in [1.29, 1.82) is 0 Å². The molecule has 0 aromatic rings. The Balaban J connectivity index is 3.88. The van der Waals surface area contributed by atoms with Crippen molar-refractivity contribution in [1.82, 2.24) is 4.33 Å². The van der Waals surface area contributed by atoms with Crippen LogP contribution in [0.25, 0.3) is 0 Å². The topological polar surface area (TPSA) is 130 Å². The van der Waals surface area contributed by atoms with Gasteiger partial charge in [0.25, 0.3) is 0 Å². The Hall–Kier alpha value is -0.601.